The molecule has 0 saturated carbocycles. The van der Waals surface area contributed by atoms with Gasteiger partial charge in [0.25, 0.3) is 0 Å². The smallest absolute Gasteiger partial charge is 0.243 e. The van der Waals surface area contributed by atoms with Crippen molar-refractivity contribution in [3.63, 3.8) is 0 Å². The van der Waals surface area contributed by atoms with E-state index in [0.29, 0.717) is 5.56 Å². The average molecular weight is 322 g/mol. The van der Waals surface area contributed by atoms with E-state index in [-0.39, 0.29) is 6.42 Å². The number of benzene rings is 2. The van der Waals surface area contributed by atoms with Crippen molar-refractivity contribution < 1.29 is 22.8 Å². The van der Waals surface area contributed by atoms with Crippen molar-refractivity contribution in [2.45, 2.75) is 6.42 Å². The van der Waals surface area contributed by atoms with Gasteiger partial charge in [0.05, 0.1) is 13.0 Å². The van der Waals surface area contributed by atoms with Gasteiger partial charge >= 0.3 is 0 Å². The maximum absolute atomic E-state index is 13.4. The van der Waals surface area contributed by atoms with Crippen molar-refractivity contribution in [1.82, 2.24) is 5.32 Å². The molecular formula is C16H13F3N2O2. The molecule has 2 aromatic rings. The third kappa shape index (κ3) is 4.84. The molecule has 0 bridgehead atoms. The Balaban J connectivity index is 1.85. The van der Waals surface area contributed by atoms with Crippen LogP contribution in [0.5, 0.6) is 0 Å². The van der Waals surface area contributed by atoms with Gasteiger partial charge in [0.15, 0.2) is 0 Å². The average Bonchev–Trinajstić information content (AvgIpc) is 2.49. The van der Waals surface area contributed by atoms with Crippen molar-refractivity contribution >= 4 is 17.5 Å². The van der Waals surface area contributed by atoms with Gasteiger partial charge in [-0.3, -0.25) is 9.59 Å². The van der Waals surface area contributed by atoms with Crippen LogP contribution < -0.4 is 10.6 Å². The Morgan fingerprint density at radius 3 is 2.22 bits per heavy atom. The zero-order chi connectivity index (χ0) is 16.8. The van der Waals surface area contributed by atoms with Gasteiger partial charge in [-0.15, -0.1) is 0 Å². The predicted molar refractivity (Wildman–Crippen MR) is 78.1 cm³/mol. The Kier molecular flexibility index (Phi) is 5.35. The zero-order valence-corrected chi connectivity index (χ0v) is 11.9. The molecule has 7 heteroatoms. The third-order valence-corrected chi connectivity index (χ3v) is 2.93. The molecule has 0 heterocycles. The van der Waals surface area contributed by atoms with Gasteiger partial charge < -0.3 is 10.6 Å². The summed E-state index contributed by atoms with van der Waals surface area (Å²) >= 11 is 0. The van der Waals surface area contributed by atoms with Gasteiger partial charge in [-0.2, -0.15) is 0 Å². The fourth-order valence-corrected chi connectivity index (χ4v) is 1.87. The predicted octanol–water partition coefficient (Wildman–Crippen LogP) is 2.40. The number of halogens is 3. The van der Waals surface area contributed by atoms with E-state index in [2.05, 4.69) is 5.32 Å². The van der Waals surface area contributed by atoms with E-state index >= 15 is 0 Å². The molecule has 0 aromatic heterocycles. The molecule has 23 heavy (non-hydrogen) atoms. The number of para-hydroxylation sites is 1. The van der Waals surface area contributed by atoms with Gasteiger partial charge in [0.1, 0.15) is 23.1 Å². The lowest BCUT2D eigenvalue weighted by molar-refractivity contribution is -0.123. The minimum atomic E-state index is -0.913. The van der Waals surface area contributed by atoms with Crippen LogP contribution in [0.15, 0.2) is 42.5 Å². The van der Waals surface area contributed by atoms with E-state index in [1.165, 1.54) is 24.3 Å². The van der Waals surface area contributed by atoms with E-state index in [1.54, 1.807) is 6.07 Å². The summed E-state index contributed by atoms with van der Waals surface area (Å²) in [5, 5.41) is 4.33. The quantitative estimate of drug-likeness (QED) is 0.888. The van der Waals surface area contributed by atoms with E-state index < -0.39 is 41.5 Å². The highest BCUT2D eigenvalue weighted by Crippen LogP contribution is 2.17. The number of carbonyl (C=O) groups is 2. The van der Waals surface area contributed by atoms with E-state index in [9.17, 15) is 22.8 Å². The number of hydrogen-bond donors (Lipinski definition) is 2. The number of anilines is 1. The number of hydrogen-bond acceptors (Lipinski definition) is 2. The lowest BCUT2D eigenvalue weighted by atomic mass is 10.1. The molecule has 0 saturated heterocycles. The first-order chi connectivity index (χ1) is 11.0. The van der Waals surface area contributed by atoms with Gasteiger partial charge in [-0.1, -0.05) is 18.2 Å². The van der Waals surface area contributed by atoms with Crippen molar-refractivity contribution in [1.29, 1.82) is 0 Å². The number of rotatable bonds is 5. The first kappa shape index (κ1) is 16.5. The fraction of sp³-hybridized carbons (Fsp3) is 0.125. The SMILES string of the molecule is O=C(Cc1cccc(F)c1)NCC(=O)Nc1c(F)cccc1F. The summed E-state index contributed by atoms with van der Waals surface area (Å²) in [5.41, 5.74) is -0.125. The molecule has 2 N–H and O–H groups in total. The second-order valence-electron chi connectivity index (χ2n) is 4.73. The lowest BCUT2D eigenvalue weighted by Crippen LogP contribution is -2.34. The summed E-state index contributed by atoms with van der Waals surface area (Å²) in [5.74, 6) is -3.58. The first-order valence-electron chi connectivity index (χ1n) is 6.70. The minimum absolute atomic E-state index is 0.112. The van der Waals surface area contributed by atoms with Crippen LogP contribution in [-0.4, -0.2) is 18.4 Å². The Morgan fingerprint density at radius 1 is 0.913 bits per heavy atom. The van der Waals surface area contributed by atoms with Gasteiger partial charge in [-0.05, 0) is 29.8 Å². The van der Waals surface area contributed by atoms with Crippen molar-refractivity contribution in [2.24, 2.45) is 0 Å². The normalized spacial score (nSPS) is 10.2. The summed E-state index contributed by atoms with van der Waals surface area (Å²) in [7, 11) is 0. The van der Waals surface area contributed by atoms with Crippen molar-refractivity contribution in [3.05, 3.63) is 65.5 Å². The molecule has 2 aromatic carbocycles. The molecule has 0 spiro atoms. The highest BCUT2D eigenvalue weighted by molar-refractivity contribution is 5.94. The van der Waals surface area contributed by atoms with E-state index in [0.717, 1.165) is 12.1 Å². The Labute approximate surface area is 130 Å². The molecule has 2 rings (SSSR count). The molecule has 2 amide bonds. The van der Waals surface area contributed by atoms with Crippen LogP contribution in [-0.2, 0) is 16.0 Å². The topological polar surface area (TPSA) is 58.2 Å². The zero-order valence-electron chi connectivity index (χ0n) is 11.9. The van der Waals surface area contributed by atoms with E-state index in [4.69, 9.17) is 0 Å². The molecule has 0 aliphatic rings. The van der Waals surface area contributed by atoms with Gasteiger partial charge in [0.2, 0.25) is 11.8 Å². The standard InChI is InChI=1S/C16H13F3N2O2/c17-11-4-1-3-10(7-11)8-14(22)20-9-15(23)21-16-12(18)5-2-6-13(16)19/h1-7H,8-9H2,(H,20,22)(H,21,23). The van der Waals surface area contributed by atoms with Crippen LogP contribution in [0.25, 0.3) is 0 Å². The summed E-state index contributed by atoms with van der Waals surface area (Å²) in [6.07, 6.45) is -0.112. The largest absolute Gasteiger partial charge is 0.347 e. The highest BCUT2D eigenvalue weighted by atomic mass is 19.1. The maximum Gasteiger partial charge on any atom is 0.243 e. The molecule has 0 aliphatic carbocycles. The second kappa shape index (κ2) is 7.44. The number of carbonyl (C=O) groups excluding carboxylic acids is 2. The third-order valence-electron chi connectivity index (χ3n) is 2.93. The summed E-state index contributed by atoms with van der Waals surface area (Å²) in [4.78, 5) is 23.3. The summed E-state index contributed by atoms with van der Waals surface area (Å²) in [6.45, 7) is -0.456. The van der Waals surface area contributed by atoms with E-state index in [1.807, 2.05) is 5.32 Å². The molecule has 4 nitrogen and oxygen atoms in total. The molecule has 0 aliphatic heterocycles. The van der Waals surface area contributed by atoms with Crippen LogP contribution in [0, 0.1) is 17.5 Å². The minimum Gasteiger partial charge on any atom is -0.347 e. The molecule has 0 fully saturated rings. The highest BCUT2D eigenvalue weighted by Gasteiger charge is 2.12. The van der Waals surface area contributed by atoms with Crippen LogP contribution in [0.3, 0.4) is 0 Å². The molecule has 0 atom stereocenters. The molecule has 0 radical (unpaired) electrons. The second-order valence-corrected chi connectivity index (χ2v) is 4.73. The van der Waals surface area contributed by atoms with Crippen molar-refractivity contribution in [2.75, 3.05) is 11.9 Å². The number of amides is 2. The Bertz CT molecular complexity index is 715. The summed E-state index contributed by atoms with van der Waals surface area (Å²) < 4.78 is 39.7. The molecular weight excluding hydrogens is 309 g/mol. The number of nitrogens with one attached hydrogen (secondary N) is 2. The fourth-order valence-electron chi connectivity index (χ4n) is 1.87. The lowest BCUT2D eigenvalue weighted by Gasteiger charge is -2.08. The Morgan fingerprint density at radius 2 is 1.57 bits per heavy atom. The van der Waals surface area contributed by atoms with Crippen LogP contribution in [0.4, 0.5) is 18.9 Å². The molecule has 0 unspecified atom stereocenters. The van der Waals surface area contributed by atoms with Gasteiger partial charge in [-0.25, -0.2) is 13.2 Å². The Hall–Kier alpha value is -2.83. The van der Waals surface area contributed by atoms with Crippen LogP contribution in [0.2, 0.25) is 0 Å². The molecule has 120 valence electrons. The van der Waals surface area contributed by atoms with Crippen molar-refractivity contribution in [3.8, 4) is 0 Å². The first-order valence-corrected chi connectivity index (χ1v) is 6.70. The summed E-state index contributed by atoms with van der Waals surface area (Å²) in [6, 6.07) is 8.65. The van der Waals surface area contributed by atoms with Crippen LogP contribution in [0.1, 0.15) is 5.56 Å². The van der Waals surface area contributed by atoms with Crippen LogP contribution >= 0.6 is 0 Å². The monoisotopic (exact) mass is 322 g/mol. The maximum atomic E-state index is 13.4. The van der Waals surface area contributed by atoms with Gasteiger partial charge in [0, 0.05) is 0 Å².